The van der Waals surface area contributed by atoms with Crippen LogP contribution >= 0.6 is 0 Å². The molecule has 1 aliphatic rings. The Bertz CT molecular complexity index is 2270. The Morgan fingerprint density at radius 2 is 1.87 bits per heavy atom. The van der Waals surface area contributed by atoms with Gasteiger partial charge in [0.1, 0.15) is 24.0 Å². The summed E-state index contributed by atoms with van der Waals surface area (Å²) in [7, 11) is 1.37. The van der Waals surface area contributed by atoms with Crippen molar-refractivity contribution in [3.05, 3.63) is 127 Å². The van der Waals surface area contributed by atoms with Crippen LogP contribution in [0.4, 0.5) is 4.79 Å². The first-order chi connectivity index (χ1) is 25.8. The summed E-state index contributed by atoms with van der Waals surface area (Å²) in [5, 5.41) is 5.11. The number of benzene rings is 4. The van der Waals surface area contributed by atoms with Crippen LogP contribution in [0, 0.1) is 0 Å². The number of aromatic amines is 2. The molecule has 10 heteroatoms. The van der Waals surface area contributed by atoms with Gasteiger partial charge in [-0.3, -0.25) is 0 Å². The van der Waals surface area contributed by atoms with Crippen LogP contribution in [0.3, 0.4) is 0 Å². The smallest absolute Gasteiger partial charge is 0.407 e. The van der Waals surface area contributed by atoms with Crippen molar-refractivity contribution in [3.8, 4) is 28.1 Å². The van der Waals surface area contributed by atoms with Crippen molar-refractivity contribution >= 4 is 27.9 Å². The second kappa shape index (κ2) is 15.3. The molecule has 10 nitrogen and oxygen atoms in total. The van der Waals surface area contributed by atoms with Gasteiger partial charge in [-0.2, -0.15) is 0 Å². The van der Waals surface area contributed by atoms with E-state index in [0.29, 0.717) is 25.7 Å². The van der Waals surface area contributed by atoms with Gasteiger partial charge in [0.25, 0.3) is 0 Å². The maximum Gasteiger partial charge on any atom is 0.407 e. The summed E-state index contributed by atoms with van der Waals surface area (Å²) in [6, 6.07) is 24.8. The predicted molar refractivity (Wildman–Crippen MR) is 211 cm³/mol. The van der Waals surface area contributed by atoms with Gasteiger partial charge in [-0.05, 0) is 77.9 Å². The lowest BCUT2D eigenvalue weighted by molar-refractivity contribution is 0.165. The van der Waals surface area contributed by atoms with Gasteiger partial charge in [0, 0.05) is 29.2 Å². The largest absolute Gasteiger partial charge is 0.488 e. The summed E-state index contributed by atoms with van der Waals surface area (Å²) in [5.74, 6) is 2.57. The zero-order valence-corrected chi connectivity index (χ0v) is 30.9. The molecule has 6 aromatic rings. The SMILES string of the molecule is C=CN(Cc1ncc(-c2ccc3c(c2)COc2cc4c(ccc5nc(CN(CCC)C(=C)C(NC(=O)OC)c6ccccc6)[nH]c54)cc2-3)[nH]1)[C@@H](C)CC. The molecule has 3 heterocycles. The molecule has 272 valence electrons. The lowest BCUT2D eigenvalue weighted by atomic mass is 9.92. The van der Waals surface area contributed by atoms with Gasteiger partial charge in [-0.1, -0.05) is 75.5 Å². The highest BCUT2D eigenvalue weighted by molar-refractivity contribution is 6.07. The standard InChI is InChI=1S/C43H47N7O3/c1-7-19-50(28(5)41(48-43(51)52-6)29-13-11-10-12-14-29)25-40-45-36-18-16-30-21-35-33-17-15-31(20-32(33)26-53-38(35)22-34(30)42(36)47-40)37-23-44-39(46-37)24-49(9-3)27(4)8-2/h9-18,20-23,27,41H,3,5,7-8,19,24-26H2,1-2,4,6H3,(H,44,46)(H,45,47)(H,48,51)/t27-,41?/m0/s1. The average Bonchev–Trinajstić information content (AvgIpc) is 3.84. The number of carbonyl (C=O) groups excluding carboxylic acids is 1. The molecule has 0 saturated heterocycles. The number of hydrogen-bond acceptors (Lipinski definition) is 7. The van der Waals surface area contributed by atoms with Crippen LogP contribution in [0.1, 0.15) is 62.4 Å². The van der Waals surface area contributed by atoms with Crippen LogP contribution in [0.2, 0.25) is 0 Å². The quantitative estimate of drug-likeness (QED) is 0.103. The Kier molecular flexibility index (Phi) is 10.2. The molecule has 2 aromatic heterocycles. The van der Waals surface area contributed by atoms with Crippen molar-refractivity contribution in [2.75, 3.05) is 13.7 Å². The fourth-order valence-corrected chi connectivity index (χ4v) is 7.12. The summed E-state index contributed by atoms with van der Waals surface area (Å²) in [6.07, 6.45) is 5.21. The molecule has 0 spiro atoms. The van der Waals surface area contributed by atoms with Gasteiger partial charge in [0.15, 0.2) is 0 Å². The molecule has 4 aromatic carbocycles. The van der Waals surface area contributed by atoms with E-state index in [1.54, 1.807) is 0 Å². The molecule has 1 amide bonds. The monoisotopic (exact) mass is 709 g/mol. The highest BCUT2D eigenvalue weighted by Crippen LogP contribution is 2.42. The first kappa shape index (κ1) is 35.4. The number of nitrogens with zero attached hydrogens (tertiary/aromatic N) is 4. The number of H-pyrrole nitrogens is 2. The number of hydrogen-bond donors (Lipinski definition) is 3. The van der Waals surface area contributed by atoms with Gasteiger partial charge in [0.05, 0.1) is 49.2 Å². The van der Waals surface area contributed by atoms with Gasteiger partial charge in [0.2, 0.25) is 0 Å². The highest BCUT2D eigenvalue weighted by atomic mass is 16.5. The number of nitrogens with one attached hydrogen (secondary N) is 3. The van der Waals surface area contributed by atoms with Crippen molar-refractivity contribution in [2.45, 2.75) is 65.4 Å². The summed E-state index contributed by atoms with van der Waals surface area (Å²) < 4.78 is 11.4. The molecule has 0 saturated carbocycles. The van der Waals surface area contributed by atoms with E-state index in [-0.39, 0.29) is 0 Å². The van der Waals surface area contributed by atoms with E-state index in [1.807, 2.05) is 42.7 Å². The predicted octanol–water partition coefficient (Wildman–Crippen LogP) is 9.23. The summed E-state index contributed by atoms with van der Waals surface area (Å²) in [4.78, 5) is 33.5. The molecule has 2 atom stereocenters. The molecule has 1 unspecified atom stereocenters. The molecule has 0 radical (unpaired) electrons. The van der Waals surface area contributed by atoms with Crippen LogP contribution in [0.15, 0.2) is 104 Å². The van der Waals surface area contributed by atoms with Gasteiger partial charge < -0.3 is 34.6 Å². The number of alkyl carbamates (subject to hydrolysis) is 1. The van der Waals surface area contributed by atoms with Crippen molar-refractivity contribution in [1.29, 1.82) is 0 Å². The van der Waals surface area contributed by atoms with E-state index in [1.165, 1.54) is 12.7 Å². The summed E-state index contributed by atoms with van der Waals surface area (Å²) in [6.45, 7) is 17.3. The minimum Gasteiger partial charge on any atom is -0.488 e. The number of ether oxygens (including phenoxy) is 2. The van der Waals surface area contributed by atoms with Gasteiger partial charge in [-0.25, -0.2) is 14.8 Å². The fraction of sp³-hybridized carbons (Fsp3) is 0.279. The Hall–Kier alpha value is -6.03. The fourth-order valence-electron chi connectivity index (χ4n) is 7.12. The molecular weight excluding hydrogens is 663 g/mol. The first-order valence-corrected chi connectivity index (χ1v) is 18.3. The maximum atomic E-state index is 12.4. The molecule has 0 aliphatic carbocycles. The second-order valence-electron chi connectivity index (χ2n) is 13.6. The van der Waals surface area contributed by atoms with Crippen LogP contribution in [0.5, 0.6) is 5.75 Å². The van der Waals surface area contributed by atoms with Crippen LogP contribution in [-0.2, 0) is 24.4 Å². The van der Waals surface area contributed by atoms with E-state index >= 15 is 0 Å². The van der Waals surface area contributed by atoms with Crippen LogP contribution in [0.25, 0.3) is 44.2 Å². The molecule has 53 heavy (non-hydrogen) atoms. The Morgan fingerprint density at radius 1 is 1.04 bits per heavy atom. The zero-order valence-electron chi connectivity index (χ0n) is 30.9. The second-order valence-corrected chi connectivity index (χ2v) is 13.6. The minimum atomic E-state index is -0.514. The third-order valence-corrected chi connectivity index (χ3v) is 10.2. The number of methoxy groups -OCH3 is 1. The van der Waals surface area contributed by atoms with Crippen molar-refractivity contribution in [2.24, 2.45) is 0 Å². The van der Waals surface area contributed by atoms with Gasteiger partial charge in [-0.15, -0.1) is 0 Å². The summed E-state index contributed by atoms with van der Waals surface area (Å²) in [5.41, 5.74) is 8.94. The van der Waals surface area contributed by atoms with Crippen molar-refractivity contribution in [3.63, 3.8) is 0 Å². The van der Waals surface area contributed by atoms with E-state index in [4.69, 9.17) is 14.5 Å². The lowest BCUT2D eigenvalue weighted by Crippen LogP contribution is -2.36. The normalized spacial score (nSPS) is 13.1. The van der Waals surface area contributed by atoms with E-state index in [9.17, 15) is 4.79 Å². The number of imidazole rings is 2. The topological polar surface area (TPSA) is 111 Å². The van der Waals surface area contributed by atoms with Crippen molar-refractivity contribution in [1.82, 2.24) is 35.1 Å². The molecule has 7 rings (SSSR count). The third kappa shape index (κ3) is 7.22. The van der Waals surface area contributed by atoms with Gasteiger partial charge >= 0.3 is 6.09 Å². The maximum absolute atomic E-state index is 12.4. The number of carbonyl (C=O) groups is 1. The van der Waals surface area contributed by atoms with Crippen LogP contribution < -0.4 is 10.1 Å². The zero-order chi connectivity index (χ0) is 37.1. The Labute approximate surface area is 310 Å². The van der Waals surface area contributed by atoms with E-state index < -0.39 is 12.1 Å². The average molecular weight is 710 g/mol. The first-order valence-electron chi connectivity index (χ1n) is 18.3. The molecule has 0 bridgehead atoms. The minimum absolute atomic E-state index is 0.391. The molecule has 1 aliphatic heterocycles. The molecule has 3 N–H and O–H groups in total. The number of fused-ring (bicyclic) bond motifs is 6. The van der Waals surface area contributed by atoms with Crippen LogP contribution in [-0.4, -0.2) is 55.5 Å². The number of aromatic nitrogens is 4. The number of rotatable bonds is 14. The van der Waals surface area contributed by atoms with E-state index in [2.05, 4.69) is 106 Å². The molecular formula is C43H47N7O3. The van der Waals surface area contributed by atoms with Crippen molar-refractivity contribution < 1.29 is 14.3 Å². The van der Waals surface area contributed by atoms with E-state index in [0.717, 1.165) is 92.2 Å². The molecule has 0 fully saturated rings. The Morgan fingerprint density at radius 3 is 2.62 bits per heavy atom. The third-order valence-electron chi connectivity index (χ3n) is 10.2. The Balaban J connectivity index is 1.15. The number of amides is 1. The highest BCUT2D eigenvalue weighted by Gasteiger charge is 2.25. The summed E-state index contributed by atoms with van der Waals surface area (Å²) >= 11 is 0. The lowest BCUT2D eigenvalue weighted by Gasteiger charge is -2.31.